The van der Waals surface area contributed by atoms with Gasteiger partial charge >= 0.3 is 5.97 Å². The smallest absolute Gasteiger partial charge is 0.336 e. The maximum Gasteiger partial charge on any atom is 0.336 e. The fraction of sp³-hybridized carbons (Fsp3) is 0.0526. The van der Waals surface area contributed by atoms with E-state index in [1.807, 2.05) is 0 Å². The van der Waals surface area contributed by atoms with Gasteiger partial charge in [0.1, 0.15) is 11.5 Å². The lowest BCUT2D eigenvalue weighted by molar-refractivity contribution is -0.128. The fourth-order valence-corrected chi connectivity index (χ4v) is 2.07. The normalized spacial score (nSPS) is 11.1. The van der Waals surface area contributed by atoms with Crippen LogP contribution in [0.25, 0.3) is 6.08 Å². The van der Waals surface area contributed by atoms with Crippen molar-refractivity contribution < 1.29 is 18.7 Å². The van der Waals surface area contributed by atoms with Crippen molar-refractivity contribution in [2.45, 2.75) is 6.92 Å². The number of aromatic amines is 1. The summed E-state index contributed by atoms with van der Waals surface area (Å²) in [5, 5.41) is 10.4. The fourth-order valence-electron chi connectivity index (χ4n) is 2.07. The highest BCUT2D eigenvalue weighted by molar-refractivity contribution is 5.93. The summed E-state index contributed by atoms with van der Waals surface area (Å²) in [4.78, 5) is 23.5. The number of aryl methyl sites for hydroxylation is 1. The molecule has 27 heavy (non-hydrogen) atoms. The zero-order valence-corrected chi connectivity index (χ0v) is 14.4. The Morgan fingerprint density at radius 1 is 1.26 bits per heavy atom. The first kappa shape index (κ1) is 17.9. The predicted molar refractivity (Wildman–Crippen MR) is 98.2 cm³/mol. The quantitative estimate of drug-likeness (QED) is 0.230. The number of hydrogen-bond donors (Lipinski definition) is 2. The Labute approximate surface area is 154 Å². The van der Waals surface area contributed by atoms with Crippen LogP contribution >= 0.6 is 0 Å². The van der Waals surface area contributed by atoms with Gasteiger partial charge in [0.25, 0.3) is 5.91 Å². The van der Waals surface area contributed by atoms with E-state index in [0.717, 1.165) is 11.3 Å². The molecule has 2 N–H and O–H groups in total. The Bertz CT molecular complexity index is 970. The van der Waals surface area contributed by atoms with Crippen LogP contribution in [0.4, 0.5) is 0 Å². The lowest BCUT2D eigenvalue weighted by Gasteiger charge is -2.01. The van der Waals surface area contributed by atoms with E-state index in [-0.39, 0.29) is 5.69 Å². The van der Waals surface area contributed by atoms with E-state index in [1.54, 1.807) is 49.4 Å². The molecular weight excluding hydrogens is 348 g/mol. The second-order valence-electron chi connectivity index (χ2n) is 5.47. The summed E-state index contributed by atoms with van der Waals surface area (Å²) in [5.41, 5.74) is 4.15. The summed E-state index contributed by atoms with van der Waals surface area (Å²) < 4.78 is 10.3. The number of nitrogens with one attached hydrogen (secondary N) is 2. The molecule has 0 atom stereocenters. The first-order valence-electron chi connectivity index (χ1n) is 7.99. The Morgan fingerprint density at radius 2 is 2.07 bits per heavy atom. The van der Waals surface area contributed by atoms with Gasteiger partial charge in [0, 0.05) is 11.8 Å². The van der Waals surface area contributed by atoms with E-state index >= 15 is 0 Å². The van der Waals surface area contributed by atoms with Gasteiger partial charge in [0.05, 0.1) is 12.5 Å². The minimum atomic E-state index is -0.519. The van der Waals surface area contributed by atoms with Crippen LogP contribution in [0, 0.1) is 6.92 Å². The molecule has 0 saturated heterocycles. The summed E-state index contributed by atoms with van der Waals surface area (Å²) in [6, 6.07) is 11.7. The molecular formula is C19H16N4O4. The molecule has 8 nitrogen and oxygen atoms in total. The van der Waals surface area contributed by atoms with Crippen molar-refractivity contribution in [1.82, 2.24) is 15.6 Å². The number of benzene rings is 1. The molecule has 0 fully saturated rings. The Kier molecular flexibility index (Phi) is 5.58. The molecule has 0 radical (unpaired) electrons. The van der Waals surface area contributed by atoms with E-state index in [1.165, 1.54) is 24.6 Å². The molecule has 0 aliphatic heterocycles. The van der Waals surface area contributed by atoms with Crippen LogP contribution in [-0.4, -0.2) is 28.3 Å². The summed E-state index contributed by atoms with van der Waals surface area (Å²) >= 11 is 0. The molecule has 0 aliphatic carbocycles. The van der Waals surface area contributed by atoms with Crippen molar-refractivity contribution in [3.05, 3.63) is 77.5 Å². The number of carbonyl (C=O) groups excluding carboxylic acids is 2. The van der Waals surface area contributed by atoms with E-state index in [4.69, 9.17) is 9.15 Å². The average molecular weight is 364 g/mol. The molecule has 0 bridgehead atoms. The lowest BCUT2D eigenvalue weighted by Crippen LogP contribution is -2.18. The van der Waals surface area contributed by atoms with Crippen LogP contribution in [-0.2, 0) is 4.79 Å². The molecule has 2 heterocycles. The zero-order valence-electron chi connectivity index (χ0n) is 14.4. The second-order valence-corrected chi connectivity index (χ2v) is 5.47. The van der Waals surface area contributed by atoms with Gasteiger partial charge in [0.2, 0.25) is 0 Å². The summed E-state index contributed by atoms with van der Waals surface area (Å²) in [7, 11) is 0. The van der Waals surface area contributed by atoms with Crippen LogP contribution in [0.3, 0.4) is 0 Å². The number of aromatic nitrogens is 2. The molecule has 3 rings (SSSR count). The maximum atomic E-state index is 11.8. The molecule has 0 aliphatic rings. The van der Waals surface area contributed by atoms with E-state index in [2.05, 4.69) is 20.7 Å². The van der Waals surface area contributed by atoms with Gasteiger partial charge in [-0.15, -0.1) is 0 Å². The largest absolute Gasteiger partial charge is 0.465 e. The van der Waals surface area contributed by atoms with Gasteiger partial charge in [-0.25, -0.2) is 10.2 Å². The molecule has 136 valence electrons. The highest BCUT2D eigenvalue weighted by atomic mass is 16.5. The molecule has 8 heteroatoms. The van der Waals surface area contributed by atoms with Gasteiger partial charge < -0.3 is 9.15 Å². The topological polar surface area (TPSA) is 110 Å². The minimum Gasteiger partial charge on any atom is -0.465 e. The van der Waals surface area contributed by atoms with E-state index < -0.39 is 11.9 Å². The van der Waals surface area contributed by atoms with Crippen molar-refractivity contribution in [2.24, 2.45) is 5.10 Å². The van der Waals surface area contributed by atoms with Crippen LogP contribution in [0.2, 0.25) is 0 Å². The average Bonchev–Trinajstić information content (AvgIpc) is 3.33. The Morgan fingerprint density at radius 3 is 2.74 bits per heavy atom. The van der Waals surface area contributed by atoms with Crippen molar-refractivity contribution in [3.8, 4) is 5.75 Å². The number of furan rings is 1. The van der Waals surface area contributed by atoms with Crippen molar-refractivity contribution >= 4 is 24.2 Å². The Hall–Kier alpha value is -3.94. The van der Waals surface area contributed by atoms with E-state index in [9.17, 15) is 9.59 Å². The second kappa shape index (κ2) is 8.43. The zero-order chi connectivity index (χ0) is 19.1. The number of hydrogen-bond acceptors (Lipinski definition) is 6. The Balaban J connectivity index is 1.50. The highest BCUT2D eigenvalue weighted by Gasteiger charge is 2.07. The molecule has 1 aromatic carbocycles. The van der Waals surface area contributed by atoms with Crippen LogP contribution in [0.15, 0.2) is 64.3 Å². The number of ether oxygens (including phenoxy) is 1. The third kappa shape index (κ3) is 5.27. The summed E-state index contributed by atoms with van der Waals surface area (Å²) in [6.45, 7) is 1.80. The SMILES string of the molecule is Cc1cc(C(=O)NN=Cc2ccc(OC(=O)C=Cc3ccco3)cc2)n[nH]1. The minimum absolute atomic E-state index is 0.259. The van der Waals surface area contributed by atoms with Crippen molar-refractivity contribution in [2.75, 3.05) is 0 Å². The third-order valence-electron chi connectivity index (χ3n) is 3.34. The lowest BCUT2D eigenvalue weighted by atomic mass is 10.2. The van der Waals surface area contributed by atoms with Crippen LogP contribution < -0.4 is 10.2 Å². The molecule has 2 aromatic heterocycles. The molecule has 1 amide bonds. The van der Waals surface area contributed by atoms with Gasteiger partial charge in [-0.2, -0.15) is 10.2 Å². The maximum absolute atomic E-state index is 11.8. The van der Waals surface area contributed by atoms with Gasteiger partial charge in [-0.1, -0.05) is 0 Å². The predicted octanol–water partition coefficient (Wildman–Crippen LogP) is 2.69. The highest BCUT2D eigenvalue weighted by Crippen LogP contribution is 2.12. The monoisotopic (exact) mass is 364 g/mol. The first-order chi connectivity index (χ1) is 13.1. The number of hydrazone groups is 1. The van der Waals surface area contributed by atoms with Gasteiger partial charge in [-0.05, 0) is 61.0 Å². The molecule has 0 saturated carbocycles. The van der Waals surface area contributed by atoms with Crippen LogP contribution in [0.1, 0.15) is 27.5 Å². The number of H-pyrrole nitrogens is 1. The van der Waals surface area contributed by atoms with E-state index in [0.29, 0.717) is 11.5 Å². The number of esters is 1. The molecule has 3 aromatic rings. The standard InChI is InChI=1S/C19H16N4O4/c1-13-11-17(22-21-13)19(25)23-20-12-14-4-6-16(7-5-14)27-18(24)9-8-15-3-2-10-26-15/h2-12H,1H3,(H,21,22)(H,23,25). The molecule has 0 unspecified atom stereocenters. The third-order valence-corrected chi connectivity index (χ3v) is 3.34. The van der Waals surface area contributed by atoms with Crippen molar-refractivity contribution in [3.63, 3.8) is 0 Å². The first-order valence-corrected chi connectivity index (χ1v) is 7.99. The van der Waals surface area contributed by atoms with Gasteiger partial charge in [-0.3, -0.25) is 9.89 Å². The number of nitrogens with zero attached hydrogens (tertiary/aromatic N) is 2. The summed E-state index contributed by atoms with van der Waals surface area (Å²) in [5.74, 6) is 0.0155. The number of carbonyl (C=O) groups is 2. The number of rotatable bonds is 6. The number of amides is 1. The van der Waals surface area contributed by atoms with Gasteiger partial charge in [0.15, 0.2) is 5.69 Å². The summed E-state index contributed by atoms with van der Waals surface area (Å²) in [6.07, 6.45) is 5.79. The molecule has 0 spiro atoms. The van der Waals surface area contributed by atoms with Crippen molar-refractivity contribution in [1.29, 1.82) is 0 Å². The van der Waals surface area contributed by atoms with Crippen LogP contribution in [0.5, 0.6) is 5.75 Å².